The lowest BCUT2D eigenvalue weighted by Gasteiger charge is -2.29. The largest absolute Gasteiger partial charge is 0.352 e. The Morgan fingerprint density at radius 1 is 1.38 bits per heavy atom. The Labute approximate surface area is 157 Å². The Morgan fingerprint density at radius 3 is 3.00 bits per heavy atom. The summed E-state index contributed by atoms with van der Waals surface area (Å²) in [4.78, 5) is 26.3. The molecule has 7 heteroatoms. The van der Waals surface area contributed by atoms with Crippen molar-refractivity contribution in [3.8, 4) is 0 Å². The van der Waals surface area contributed by atoms with Gasteiger partial charge in [0, 0.05) is 54.4 Å². The molecule has 0 bridgehead atoms. The molecule has 1 amide bonds. The molecule has 6 nitrogen and oxygen atoms in total. The lowest BCUT2D eigenvalue weighted by Crippen LogP contribution is -2.32. The molecule has 2 N–H and O–H groups in total. The molecule has 3 heterocycles. The summed E-state index contributed by atoms with van der Waals surface area (Å²) in [5, 5.41) is 2.80. The fraction of sp³-hybridized carbons (Fsp3) is 0.158. The molecule has 26 heavy (non-hydrogen) atoms. The zero-order chi connectivity index (χ0) is 18.5. The molecule has 2 aromatic heterocycles. The summed E-state index contributed by atoms with van der Waals surface area (Å²) in [6.07, 6.45) is 9.11. The number of aromatic amines is 1. The van der Waals surface area contributed by atoms with Crippen molar-refractivity contribution in [2.75, 3.05) is 11.4 Å². The number of hydrogen-bond acceptors (Lipinski definition) is 5. The van der Waals surface area contributed by atoms with E-state index in [0.717, 1.165) is 30.0 Å². The van der Waals surface area contributed by atoms with Crippen LogP contribution < -0.4 is 10.2 Å². The van der Waals surface area contributed by atoms with Crippen molar-refractivity contribution in [2.45, 2.75) is 13.0 Å². The molecule has 0 saturated carbocycles. The van der Waals surface area contributed by atoms with E-state index in [2.05, 4.69) is 38.3 Å². The Balaban J connectivity index is 1.79. The second-order valence-electron chi connectivity index (χ2n) is 5.78. The number of fused-ring (bicyclic) bond motifs is 1. The van der Waals surface area contributed by atoms with Crippen LogP contribution in [0.2, 0.25) is 0 Å². The van der Waals surface area contributed by atoms with Crippen LogP contribution in [0, 0.1) is 4.77 Å². The minimum Gasteiger partial charge on any atom is -0.352 e. The topological polar surface area (TPSA) is 73.9 Å². The first-order chi connectivity index (χ1) is 12.6. The van der Waals surface area contributed by atoms with Gasteiger partial charge in [0.05, 0.1) is 0 Å². The van der Waals surface area contributed by atoms with Crippen LogP contribution in [0.1, 0.15) is 21.6 Å². The van der Waals surface area contributed by atoms with Crippen molar-refractivity contribution in [1.29, 1.82) is 0 Å². The van der Waals surface area contributed by atoms with E-state index in [1.807, 2.05) is 0 Å². The predicted molar refractivity (Wildman–Crippen MR) is 104 cm³/mol. The third-order valence-corrected chi connectivity index (χ3v) is 4.29. The third-order valence-electron chi connectivity index (χ3n) is 4.08. The highest BCUT2D eigenvalue weighted by Crippen LogP contribution is 2.22. The zero-order valence-electron chi connectivity index (χ0n) is 14.2. The number of pyridine rings is 1. The maximum Gasteiger partial charge on any atom is 0.255 e. The highest BCUT2D eigenvalue weighted by atomic mass is 32.1. The second-order valence-corrected chi connectivity index (χ2v) is 6.17. The standard InChI is InChI=1S/C19H19N5OS/c1-3-5-15(4-2)22-18(25)13-6-8-20-17(10-13)24-9-7-16-14(12-24)11-21-19(26)23-16/h3-6,8,10-11H,1-2,7,9,12H2,(H,22,25)(H,21,23,26)/b15-5+. The molecule has 132 valence electrons. The number of aromatic nitrogens is 3. The first-order valence-electron chi connectivity index (χ1n) is 8.15. The van der Waals surface area contributed by atoms with Crippen molar-refractivity contribution in [3.05, 3.63) is 83.2 Å². The van der Waals surface area contributed by atoms with Crippen LogP contribution in [-0.4, -0.2) is 27.4 Å². The molecule has 1 aliphatic rings. The van der Waals surface area contributed by atoms with Crippen LogP contribution in [0.15, 0.2) is 61.6 Å². The van der Waals surface area contributed by atoms with E-state index in [4.69, 9.17) is 12.2 Å². The summed E-state index contributed by atoms with van der Waals surface area (Å²) in [6, 6.07) is 3.47. The summed E-state index contributed by atoms with van der Waals surface area (Å²) in [7, 11) is 0. The highest BCUT2D eigenvalue weighted by molar-refractivity contribution is 7.71. The van der Waals surface area contributed by atoms with Crippen molar-refractivity contribution in [3.63, 3.8) is 0 Å². The van der Waals surface area contributed by atoms with Crippen molar-refractivity contribution >= 4 is 23.9 Å². The van der Waals surface area contributed by atoms with Gasteiger partial charge in [0.15, 0.2) is 4.77 Å². The van der Waals surface area contributed by atoms with Crippen LogP contribution in [0.25, 0.3) is 0 Å². The van der Waals surface area contributed by atoms with Crippen molar-refractivity contribution in [1.82, 2.24) is 20.3 Å². The van der Waals surface area contributed by atoms with E-state index in [1.165, 1.54) is 0 Å². The molecule has 0 atom stereocenters. The van der Waals surface area contributed by atoms with Gasteiger partial charge in [-0.25, -0.2) is 9.97 Å². The maximum absolute atomic E-state index is 12.5. The van der Waals surface area contributed by atoms with Gasteiger partial charge in [-0.1, -0.05) is 19.2 Å². The molecule has 2 aromatic rings. The fourth-order valence-corrected chi connectivity index (χ4v) is 2.94. The van der Waals surface area contributed by atoms with Gasteiger partial charge in [-0.05, 0) is 36.5 Å². The van der Waals surface area contributed by atoms with Gasteiger partial charge in [-0.15, -0.1) is 0 Å². The van der Waals surface area contributed by atoms with E-state index in [9.17, 15) is 4.79 Å². The van der Waals surface area contributed by atoms with E-state index >= 15 is 0 Å². The highest BCUT2D eigenvalue weighted by Gasteiger charge is 2.19. The van der Waals surface area contributed by atoms with Crippen LogP contribution in [0.3, 0.4) is 0 Å². The molecule has 0 fully saturated rings. The quantitative estimate of drug-likeness (QED) is 0.629. The van der Waals surface area contributed by atoms with E-state index in [-0.39, 0.29) is 5.91 Å². The Bertz CT molecular complexity index is 947. The molecule has 0 aliphatic carbocycles. The maximum atomic E-state index is 12.5. The number of rotatable bonds is 5. The SMILES string of the molecule is C=C/C=C(\C=C)NC(=O)c1ccnc(N2CCc3[nH]c(=S)ncc3C2)c1. The molecular formula is C19H19N5OS. The molecule has 3 rings (SSSR count). The average molecular weight is 365 g/mol. The van der Waals surface area contributed by atoms with E-state index in [1.54, 1.807) is 42.8 Å². The van der Waals surface area contributed by atoms with Gasteiger partial charge in [0.1, 0.15) is 5.82 Å². The molecule has 0 aromatic carbocycles. The van der Waals surface area contributed by atoms with Gasteiger partial charge < -0.3 is 15.2 Å². The Morgan fingerprint density at radius 2 is 2.23 bits per heavy atom. The number of anilines is 1. The van der Waals surface area contributed by atoms with Crippen LogP contribution >= 0.6 is 12.2 Å². The minimum absolute atomic E-state index is 0.218. The number of hydrogen-bond donors (Lipinski definition) is 2. The number of carbonyl (C=O) groups excluding carboxylic acids is 1. The van der Waals surface area contributed by atoms with Crippen LogP contribution in [0.5, 0.6) is 0 Å². The van der Waals surface area contributed by atoms with E-state index < -0.39 is 0 Å². The summed E-state index contributed by atoms with van der Waals surface area (Å²) in [5.74, 6) is 0.531. The van der Waals surface area contributed by atoms with Crippen LogP contribution in [0.4, 0.5) is 5.82 Å². The predicted octanol–water partition coefficient (Wildman–Crippen LogP) is 3.08. The smallest absolute Gasteiger partial charge is 0.255 e. The average Bonchev–Trinajstić information content (AvgIpc) is 2.67. The summed E-state index contributed by atoms with van der Waals surface area (Å²) >= 11 is 5.07. The van der Waals surface area contributed by atoms with Crippen molar-refractivity contribution < 1.29 is 4.79 Å². The molecule has 0 saturated heterocycles. The first-order valence-corrected chi connectivity index (χ1v) is 8.56. The molecule has 0 unspecified atom stereocenters. The number of nitrogens with zero attached hydrogens (tertiary/aromatic N) is 3. The summed E-state index contributed by atoms with van der Waals surface area (Å²) in [5.41, 5.74) is 3.32. The van der Waals surface area contributed by atoms with Gasteiger partial charge >= 0.3 is 0 Å². The minimum atomic E-state index is -0.218. The zero-order valence-corrected chi connectivity index (χ0v) is 15.1. The molecule has 0 radical (unpaired) electrons. The van der Waals surface area contributed by atoms with Gasteiger partial charge in [-0.2, -0.15) is 0 Å². The Kier molecular flexibility index (Phi) is 5.38. The number of H-pyrrole nitrogens is 1. The second kappa shape index (κ2) is 7.88. The summed E-state index contributed by atoms with van der Waals surface area (Å²) in [6.45, 7) is 8.75. The van der Waals surface area contributed by atoms with Crippen LogP contribution in [-0.2, 0) is 13.0 Å². The monoisotopic (exact) mass is 365 g/mol. The molecular weight excluding hydrogens is 346 g/mol. The molecule has 1 aliphatic heterocycles. The fourth-order valence-electron chi connectivity index (χ4n) is 2.77. The third kappa shape index (κ3) is 3.94. The van der Waals surface area contributed by atoms with E-state index in [0.29, 0.717) is 22.6 Å². The van der Waals surface area contributed by atoms with Gasteiger partial charge in [0.25, 0.3) is 5.91 Å². The lowest BCUT2D eigenvalue weighted by molar-refractivity contribution is 0.0967. The number of nitrogens with one attached hydrogen (secondary N) is 2. The number of carbonyl (C=O) groups is 1. The normalized spacial score (nSPS) is 13.7. The summed E-state index contributed by atoms with van der Waals surface area (Å²) < 4.78 is 0.500. The van der Waals surface area contributed by atoms with Gasteiger partial charge in [-0.3, -0.25) is 4.79 Å². The van der Waals surface area contributed by atoms with Gasteiger partial charge in [0.2, 0.25) is 0 Å². The number of amides is 1. The Hall–Kier alpha value is -3.06. The molecule has 0 spiro atoms. The first kappa shape index (κ1) is 17.8. The van der Waals surface area contributed by atoms with Crippen molar-refractivity contribution in [2.24, 2.45) is 0 Å². The lowest BCUT2D eigenvalue weighted by atomic mass is 10.1. The number of allylic oxidation sites excluding steroid dienone is 3.